The minimum Gasteiger partial charge on any atom is -0.340 e. The standard InChI is InChI=1S/C20H32N4O2.ClH/c1-15(2)13-18(19(25)24-11-4-9-21-10-12-24)23-20(26)22-14-17-7-5-16(3)6-8-17;/h5-8,15,18,21H,4,9-14H2,1-3H3,(H2,22,23,26);1H. The summed E-state index contributed by atoms with van der Waals surface area (Å²) >= 11 is 0. The van der Waals surface area contributed by atoms with Crippen LogP contribution in [0.3, 0.4) is 0 Å². The van der Waals surface area contributed by atoms with E-state index in [2.05, 4.69) is 29.8 Å². The number of nitrogens with one attached hydrogen (secondary N) is 3. The maximum atomic E-state index is 12.9. The molecule has 1 unspecified atom stereocenters. The first-order valence-corrected chi connectivity index (χ1v) is 9.55. The van der Waals surface area contributed by atoms with Crippen LogP contribution >= 0.6 is 12.4 Å². The normalized spacial score (nSPS) is 15.5. The Hall–Kier alpha value is -1.79. The molecule has 1 aliphatic heterocycles. The Morgan fingerprint density at radius 2 is 1.85 bits per heavy atom. The number of carbonyl (C=O) groups excluding carboxylic acids is 2. The molecule has 0 saturated carbocycles. The highest BCUT2D eigenvalue weighted by molar-refractivity contribution is 5.87. The summed E-state index contributed by atoms with van der Waals surface area (Å²) in [5.74, 6) is 0.347. The summed E-state index contributed by atoms with van der Waals surface area (Å²) in [6.07, 6.45) is 1.58. The van der Waals surface area contributed by atoms with Crippen LogP contribution in [0, 0.1) is 12.8 Å². The summed E-state index contributed by atoms with van der Waals surface area (Å²) in [6.45, 7) is 9.79. The Labute approximate surface area is 168 Å². The minimum atomic E-state index is -0.480. The molecular formula is C20H33ClN4O2. The van der Waals surface area contributed by atoms with E-state index < -0.39 is 6.04 Å². The number of aryl methyl sites for hydroxylation is 1. The molecule has 1 aliphatic rings. The van der Waals surface area contributed by atoms with Crippen LogP contribution in [0.25, 0.3) is 0 Å². The number of halogens is 1. The molecule has 6 nitrogen and oxygen atoms in total. The quantitative estimate of drug-likeness (QED) is 0.691. The van der Waals surface area contributed by atoms with Crippen molar-refractivity contribution in [2.45, 2.75) is 46.2 Å². The Balaban J connectivity index is 0.00000364. The van der Waals surface area contributed by atoms with Crippen LogP contribution in [0.4, 0.5) is 4.79 Å². The molecule has 7 heteroatoms. The molecule has 0 aliphatic carbocycles. The maximum absolute atomic E-state index is 12.9. The molecule has 3 N–H and O–H groups in total. The topological polar surface area (TPSA) is 73.5 Å². The van der Waals surface area contributed by atoms with Gasteiger partial charge in [0.2, 0.25) is 5.91 Å². The van der Waals surface area contributed by atoms with Gasteiger partial charge in [0.1, 0.15) is 6.04 Å². The largest absolute Gasteiger partial charge is 0.340 e. The van der Waals surface area contributed by atoms with Gasteiger partial charge in [-0.2, -0.15) is 0 Å². The molecule has 3 amide bonds. The van der Waals surface area contributed by atoms with Gasteiger partial charge in [-0.05, 0) is 37.8 Å². The van der Waals surface area contributed by atoms with E-state index in [4.69, 9.17) is 0 Å². The highest BCUT2D eigenvalue weighted by Crippen LogP contribution is 2.10. The molecule has 2 rings (SSSR count). The smallest absolute Gasteiger partial charge is 0.315 e. The van der Waals surface area contributed by atoms with Gasteiger partial charge in [-0.3, -0.25) is 4.79 Å². The predicted octanol–water partition coefficient (Wildman–Crippen LogP) is 2.45. The lowest BCUT2D eigenvalue weighted by atomic mass is 10.0. The summed E-state index contributed by atoms with van der Waals surface area (Å²) in [5, 5.41) is 9.05. The summed E-state index contributed by atoms with van der Waals surface area (Å²) in [5.41, 5.74) is 2.23. The molecule has 152 valence electrons. The van der Waals surface area contributed by atoms with E-state index in [-0.39, 0.29) is 24.3 Å². The molecule has 1 heterocycles. The molecule has 0 aromatic heterocycles. The van der Waals surface area contributed by atoms with Crippen molar-refractivity contribution in [3.05, 3.63) is 35.4 Å². The predicted molar refractivity (Wildman–Crippen MR) is 111 cm³/mol. The molecule has 0 spiro atoms. The lowest BCUT2D eigenvalue weighted by Gasteiger charge is -2.27. The Kier molecular flexibility index (Phi) is 10.2. The third kappa shape index (κ3) is 8.18. The first-order valence-electron chi connectivity index (χ1n) is 9.55. The second kappa shape index (κ2) is 11.8. The van der Waals surface area contributed by atoms with Crippen molar-refractivity contribution in [2.75, 3.05) is 26.2 Å². The fraction of sp³-hybridized carbons (Fsp3) is 0.600. The fourth-order valence-electron chi connectivity index (χ4n) is 3.08. The minimum absolute atomic E-state index is 0. The van der Waals surface area contributed by atoms with Crippen LogP contribution in [-0.4, -0.2) is 49.1 Å². The summed E-state index contributed by atoms with van der Waals surface area (Å²) in [4.78, 5) is 27.1. The Morgan fingerprint density at radius 3 is 2.52 bits per heavy atom. The fourth-order valence-corrected chi connectivity index (χ4v) is 3.08. The van der Waals surface area contributed by atoms with Crippen molar-refractivity contribution >= 4 is 24.3 Å². The number of hydrogen-bond acceptors (Lipinski definition) is 3. The Morgan fingerprint density at radius 1 is 1.15 bits per heavy atom. The summed E-state index contributed by atoms with van der Waals surface area (Å²) < 4.78 is 0. The van der Waals surface area contributed by atoms with Gasteiger partial charge in [0.25, 0.3) is 0 Å². The van der Waals surface area contributed by atoms with Crippen molar-refractivity contribution in [1.82, 2.24) is 20.9 Å². The lowest BCUT2D eigenvalue weighted by molar-refractivity contribution is -0.133. The molecule has 1 fully saturated rings. The van der Waals surface area contributed by atoms with Crippen molar-refractivity contribution in [3.8, 4) is 0 Å². The number of nitrogens with zero attached hydrogens (tertiary/aromatic N) is 1. The number of rotatable bonds is 6. The third-order valence-electron chi connectivity index (χ3n) is 4.54. The van der Waals surface area contributed by atoms with Crippen molar-refractivity contribution in [3.63, 3.8) is 0 Å². The monoisotopic (exact) mass is 396 g/mol. The van der Waals surface area contributed by atoms with E-state index in [1.165, 1.54) is 5.56 Å². The second-order valence-corrected chi connectivity index (χ2v) is 7.42. The zero-order valence-electron chi connectivity index (χ0n) is 16.6. The van der Waals surface area contributed by atoms with Crippen LogP contribution in [0.1, 0.15) is 37.8 Å². The van der Waals surface area contributed by atoms with Gasteiger partial charge < -0.3 is 20.9 Å². The van der Waals surface area contributed by atoms with E-state index in [1.54, 1.807) is 0 Å². The number of carbonyl (C=O) groups is 2. The average molecular weight is 397 g/mol. The molecular weight excluding hydrogens is 364 g/mol. The summed E-state index contributed by atoms with van der Waals surface area (Å²) in [7, 11) is 0. The molecule has 1 aromatic rings. The van der Waals surface area contributed by atoms with Crippen LogP contribution in [0.5, 0.6) is 0 Å². The lowest BCUT2D eigenvalue weighted by Crippen LogP contribution is -2.52. The van der Waals surface area contributed by atoms with Gasteiger partial charge >= 0.3 is 6.03 Å². The van der Waals surface area contributed by atoms with Crippen molar-refractivity contribution < 1.29 is 9.59 Å². The molecule has 1 aromatic carbocycles. The van der Waals surface area contributed by atoms with Gasteiger partial charge in [-0.1, -0.05) is 43.7 Å². The highest BCUT2D eigenvalue weighted by Gasteiger charge is 2.27. The zero-order chi connectivity index (χ0) is 18.9. The van der Waals surface area contributed by atoms with Crippen LogP contribution < -0.4 is 16.0 Å². The molecule has 1 saturated heterocycles. The zero-order valence-corrected chi connectivity index (χ0v) is 17.4. The van der Waals surface area contributed by atoms with Crippen LogP contribution in [0.2, 0.25) is 0 Å². The van der Waals surface area contributed by atoms with Crippen molar-refractivity contribution in [1.29, 1.82) is 0 Å². The van der Waals surface area contributed by atoms with Gasteiger partial charge in [0.05, 0.1) is 0 Å². The number of urea groups is 1. The van der Waals surface area contributed by atoms with E-state index >= 15 is 0 Å². The SMILES string of the molecule is Cc1ccc(CNC(=O)NC(CC(C)C)C(=O)N2CCCNCC2)cc1.Cl. The summed E-state index contributed by atoms with van der Waals surface area (Å²) in [6, 6.07) is 7.26. The maximum Gasteiger partial charge on any atom is 0.315 e. The van der Waals surface area contributed by atoms with Crippen LogP contribution in [0.15, 0.2) is 24.3 Å². The number of amides is 3. The van der Waals surface area contributed by atoms with Gasteiger partial charge in [-0.15, -0.1) is 12.4 Å². The van der Waals surface area contributed by atoms with Gasteiger partial charge in [0.15, 0.2) is 0 Å². The van der Waals surface area contributed by atoms with Gasteiger partial charge in [0, 0.05) is 26.2 Å². The highest BCUT2D eigenvalue weighted by atomic mass is 35.5. The van der Waals surface area contributed by atoms with E-state index in [0.29, 0.717) is 25.4 Å². The van der Waals surface area contributed by atoms with E-state index in [1.807, 2.05) is 36.1 Å². The average Bonchev–Trinajstić information content (AvgIpc) is 2.89. The van der Waals surface area contributed by atoms with E-state index in [0.717, 1.165) is 31.6 Å². The molecule has 1 atom stereocenters. The third-order valence-corrected chi connectivity index (χ3v) is 4.54. The number of benzene rings is 1. The van der Waals surface area contributed by atoms with Crippen molar-refractivity contribution in [2.24, 2.45) is 5.92 Å². The second-order valence-electron chi connectivity index (χ2n) is 7.42. The first kappa shape index (κ1) is 23.2. The molecule has 27 heavy (non-hydrogen) atoms. The van der Waals surface area contributed by atoms with Gasteiger partial charge in [-0.25, -0.2) is 4.79 Å². The van der Waals surface area contributed by atoms with E-state index in [9.17, 15) is 9.59 Å². The molecule has 0 radical (unpaired) electrons. The molecule has 0 bridgehead atoms. The van der Waals surface area contributed by atoms with Crippen LogP contribution in [-0.2, 0) is 11.3 Å². The Bertz CT molecular complexity index is 584. The first-order chi connectivity index (χ1) is 12.5. The number of hydrogen-bond donors (Lipinski definition) is 3.